The van der Waals surface area contributed by atoms with Crippen molar-refractivity contribution in [2.45, 2.75) is 45.4 Å². The van der Waals surface area contributed by atoms with E-state index < -0.39 is 10.0 Å². The number of aromatic nitrogens is 1. The first-order valence-corrected chi connectivity index (χ1v) is 8.93. The monoisotopic (exact) mass is 342 g/mol. The van der Waals surface area contributed by atoms with Crippen molar-refractivity contribution in [2.75, 3.05) is 4.72 Å². The van der Waals surface area contributed by atoms with Crippen LogP contribution in [0.3, 0.4) is 0 Å². The fourth-order valence-electron chi connectivity index (χ4n) is 2.48. The Morgan fingerprint density at radius 3 is 2.41 bits per heavy atom. The molecule has 2 aromatic rings. The zero-order valence-electron chi connectivity index (χ0n) is 13.0. The molecular weight excluding hydrogens is 324 g/mol. The molecule has 1 heterocycles. The number of hydrogen-bond donors (Lipinski definition) is 1. The van der Waals surface area contributed by atoms with Crippen LogP contribution in [0.1, 0.15) is 36.4 Å². The van der Waals surface area contributed by atoms with Crippen LogP contribution in [0.2, 0.25) is 5.02 Å². The number of nitrogens with zero attached hydrogens (tertiary/aromatic N) is 1. The lowest BCUT2D eigenvalue weighted by Crippen LogP contribution is -2.17. The maximum Gasteiger partial charge on any atom is 0.267 e. The van der Waals surface area contributed by atoms with Crippen LogP contribution in [0.25, 0.3) is 0 Å². The molecule has 0 saturated heterocycles. The van der Waals surface area contributed by atoms with Gasteiger partial charge in [0.2, 0.25) is 0 Å². The smallest absolute Gasteiger partial charge is 0.267 e. The first-order valence-electron chi connectivity index (χ1n) is 7.07. The average Bonchev–Trinajstić information content (AvgIpc) is 2.79. The van der Waals surface area contributed by atoms with E-state index in [1.54, 1.807) is 19.9 Å². The zero-order chi connectivity index (χ0) is 16.5. The van der Waals surface area contributed by atoms with Crippen LogP contribution in [0.4, 0.5) is 5.69 Å². The molecule has 2 rings (SSSR count). The maximum absolute atomic E-state index is 12.7. The third kappa shape index (κ3) is 2.98. The van der Waals surface area contributed by atoms with Crippen LogP contribution < -0.4 is 4.72 Å². The summed E-state index contributed by atoms with van der Waals surface area (Å²) in [7, 11) is -3.78. The number of hydrogen-bond acceptors (Lipinski definition) is 4. The van der Waals surface area contributed by atoms with E-state index in [9.17, 15) is 8.42 Å². The molecule has 0 unspecified atom stereocenters. The second kappa shape index (κ2) is 6.30. The fourth-order valence-corrected chi connectivity index (χ4v) is 4.24. The Hall–Kier alpha value is -1.53. The summed E-state index contributed by atoms with van der Waals surface area (Å²) < 4.78 is 33.0. The number of halogens is 1. The molecule has 120 valence electrons. The minimum atomic E-state index is -3.78. The topological polar surface area (TPSA) is 72.2 Å². The number of anilines is 1. The Balaban J connectivity index is 2.57. The predicted molar refractivity (Wildman–Crippen MR) is 87.0 cm³/mol. The van der Waals surface area contributed by atoms with Gasteiger partial charge in [0.25, 0.3) is 10.0 Å². The Labute approximate surface area is 135 Å². The van der Waals surface area contributed by atoms with Gasteiger partial charge in [-0.25, -0.2) is 8.42 Å². The number of rotatable bonds is 5. The Kier molecular flexibility index (Phi) is 4.82. The third-order valence-corrected chi connectivity index (χ3v) is 5.50. The summed E-state index contributed by atoms with van der Waals surface area (Å²) >= 11 is 6.21. The molecule has 1 aromatic carbocycles. The van der Waals surface area contributed by atoms with Crippen molar-refractivity contribution in [1.82, 2.24) is 5.16 Å². The van der Waals surface area contributed by atoms with E-state index in [1.165, 1.54) is 0 Å². The molecule has 0 aliphatic carbocycles. The van der Waals surface area contributed by atoms with Crippen molar-refractivity contribution >= 4 is 27.3 Å². The molecule has 22 heavy (non-hydrogen) atoms. The van der Waals surface area contributed by atoms with Crippen LogP contribution in [-0.4, -0.2) is 13.6 Å². The number of benzene rings is 1. The van der Waals surface area contributed by atoms with Gasteiger partial charge in [0.05, 0.1) is 5.69 Å². The summed E-state index contributed by atoms with van der Waals surface area (Å²) in [6.45, 7) is 7.09. The van der Waals surface area contributed by atoms with Crippen molar-refractivity contribution in [3.63, 3.8) is 0 Å². The summed E-state index contributed by atoms with van der Waals surface area (Å²) in [5.74, 6) is 0.267. The highest BCUT2D eigenvalue weighted by molar-refractivity contribution is 7.92. The SMILES string of the molecule is CCc1ccc(Cl)c(CC)c1NS(=O)(=O)c1c(C)noc1C. The van der Waals surface area contributed by atoms with Crippen LogP contribution in [0, 0.1) is 13.8 Å². The van der Waals surface area contributed by atoms with E-state index in [0.717, 1.165) is 11.1 Å². The van der Waals surface area contributed by atoms with Crippen molar-refractivity contribution in [3.8, 4) is 0 Å². The van der Waals surface area contributed by atoms with E-state index >= 15 is 0 Å². The first-order chi connectivity index (χ1) is 10.3. The molecule has 1 aromatic heterocycles. The minimum absolute atomic E-state index is 0.0802. The van der Waals surface area contributed by atoms with Crippen LogP contribution >= 0.6 is 11.6 Å². The van der Waals surface area contributed by atoms with Gasteiger partial charge in [-0.2, -0.15) is 0 Å². The lowest BCUT2D eigenvalue weighted by atomic mass is 10.0. The highest BCUT2D eigenvalue weighted by atomic mass is 35.5. The van der Waals surface area contributed by atoms with Gasteiger partial charge < -0.3 is 4.52 Å². The largest absolute Gasteiger partial charge is 0.360 e. The van der Waals surface area contributed by atoms with Crippen LogP contribution in [0.5, 0.6) is 0 Å². The van der Waals surface area contributed by atoms with E-state index in [0.29, 0.717) is 29.2 Å². The van der Waals surface area contributed by atoms with Crippen molar-refractivity contribution in [1.29, 1.82) is 0 Å². The predicted octanol–water partition coefficient (Wildman–Crippen LogP) is 3.87. The standard InChI is InChI=1S/C15H19ClN2O3S/c1-5-11-7-8-13(16)12(6-2)14(11)18-22(19,20)15-9(3)17-21-10(15)4/h7-8,18H,5-6H2,1-4H3. The average molecular weight is 343 g/mol. The van der Waals surface area contributed by atoms with Gasteiger partial charge in [-0.3, -0.25) is 4.72 Å². The Morgan fingerprint density at radius 1 is 1.23 bits per heavy atom. The normalized spacial score (nSPS) is 11.7. The number of sulfonamides is 1. The van der Waals surface area contributed by atoms with Gasteiger partial charge in [-0.1, -0.05) is 36.7 Å². The fraction of sp³-hybridized carbons (Fsp3) is 0.400. The van der Waals surface area contributed by atoms with Crippen molar-refractivity contribution < 1.29 is 12.9 Å². The molecule has 0 atom stereocenters. The van der Waals surface area contributed by atoms with E-state index in [1.807, 2.05) is 19.9 Å². The Morgan fingerprint density at radius 2 is 1.91 bits per heavy atom. The molecule has 0 amide bonds. The summed E-state index contributed by atoms with van der Waals surface area (Å²) in [5.41, 5.74) is 2.58. The third-order valence-electron chi connectivity index (χ3n) is 3.55. The lowest BCUT2D eigenvalue weighted by molar-refractivity contribution is 0.390. The summed E-state index contributed by atoms with van der Waals surface area (Å²) in [5, 5.41) is 4.26. The summed E-state index contributed by atoms with van der Waals surface area (Å²) in [6, 6.07) is 3.64. The van der Waals surface area contributed by atoms with Gasteiger partial charge in [0.15, 0.2) is 10.7 Å². The summed E-state index contributed by atoms with van der Waals surface area (Å²) in [4.78, 5) is 0.0802. The first kappa shape index (κ1) is 16.8. The van der Waals surface area contributed by atoms with Crippen LogP contribution in [-0.2, 0) is 22.9 Å². The second-order valence-electron chi connectivity index (χ2n) is 5.03. The van der Waals surface area contributed by atoms with E-state index in [2.05, 4.69) is 9.88 Å². The highest BCUT2D eigenvalue weighted by Gasteiger charge is 2.26. The Bertz CT molecular complexity index is 778. The van der Waals surface area contributed by atoms with Crippen LogP contribution in [0.15, 0.2) is 21.6 Å². The van der Waals surface area contributed by atoms with Gasteiger partial charge in [-0.05, 0) is 43.9 Å². The van der Waals surface area contributed by atoms with E-state index in [-0.39, 0.29) is 10.7 Å². The molecule has 7 heteroatoms. The number of nitrogens with one attached hydrogen (secondary N) is 1. The lowest BCUT2D eigenvalue weighted by Gasteiger charge is -2.16. The molecule has 0 aliphatic rings. The quantitative estimate of drug-likeness (QED) is 0.895. The van der Waals surface area contributed by atoms with Gasteiger partial charge in [0, 0.05) is 5.02 Å². The van der Waals surface area contributed by atoms with Gasteiger partial charge in [0.1, 0.15) is 5.69 Å². The maximum atomic E-state index is 12.7. The molecule has 0 saturated carbocycles. The van der Waals surface area contributed by atoms with Gasteiger partial charge in [-0.15, -0.1) is 0 Å². The zero-order valence-corrected chi connectivity index (χ0v) is 14.6. The molecule has 0 bridgehead atoms. The molecule has 1 N–H and O–H groups in total. The van der Waals surface area contributed by atoms with Crippen molar-refractivity contribution in [3.05, 3.63) is 39.7 Å². The van der Waals surface area contributed by atoms with E-state index in [4.69, 9.17) is 16.1 Å². The summed E-state index contributed by atoms with van der Waals surface area (Å²) in [6.07, 6.45) is 1.33. The molecule has 0 fully saturated rings. The number of aryl methyl sites for hydroxylation is 3. The molecule has 5 nitrogen and oxygen atoms in total. The minimum Gasteiger partial charge on any atom is -0.360 e. The molecule has 0 spiro atoms. The molecular formula is C15H19ClN2O3S. The second-order valence-corrected chi connectivity index (χ2v) is 7.05. The van der Waals surface area contributed by atoms with Gasteiger partial charge >= 0.3 is 0 Å². The molecule has 0 aliphatic heterocycles. The molecule has 0 radical (unpaired) electrons. The highest BCUT2D eigenvalue weighted by Crippen LogP contribution is 2.32. The van der Waals surface area contributed by atoms with Crippen molar-refractivity contribution in [2.24, 2.45) is 0 Å².